The van der Waals surface area contributed by atoms with Crippen molar-refractivity contribution in [3.8, 4) is 0 Å². The molecule has 0 aliphatic rings. The number of aromatic nitrogens is 2. The minimum absolute atomic E-state index is 0.0546. The van der Waals surface area contributed by atoms with Gasteiger partial charge in [-0.2, -0.15) is 0 Å². The van der Waals surface area contributed by atoms with Gasteiger partial charge in [0.2, 0.25) is 0 Å². The summed E-state index contributed by atoms with van der Waals surface area (Å²) in [5.41, 5.74) is 2.10. The Hall–Kier alpha value is -3.03. The molecule has 0 saturated heterocycles. The summed E-state index contributed by atoms with van der Waals surface area (Å²) < 4.78 is 15.4. The molecule has 144 valence electrons. The Morgan fingerprint density at radius 1 is 0.889 bits per heavy atom. The van der Waals surface area contributed by atoms with Crippen molar-refractivity contribution in [2.75, 3.05) is 6.61 Å². The Morgan fingerprint density at radius 2 is 1.41 bits per heavy atom. The molecule has 1 aromatic heterocycles. The first-order chi connectivity index (χ1) is 12.8. The van der Waals surface area contributed by atoms with Crippen LogP contribution >= 0.6 is 0 Å². The fraction of sp³-hybridized carbons (Fsp3) is 0.421. The second-order valence-corrected chi connectivity index (χ2v) is 5.96. The lowest BCUT2D eigenvalue weighted by Crippen LogP contribution is -2.17. The molecule has 2 unspecified atom stereocenters. The van der Waals surface area contributed by atoms with Gasteiger partial charge in [0.25, 0.3) is 0 Å². The monoisotopic (exact) mass is 374 g/mol. The van der Waals surface area contributed by atoms with Crippen LogP contribution in [0, 0.1) is 0 Å². The van der Waals surface area contributed by atoms with Gasteiger partial charge in [-0.05, 0) is 26.0 Å². The van der Waals surface area contributed by atoms with E-state index >= 15 is 0 Å². The van der Waals surface area contributed by atoms with Crippen LogP contribution in [-0.4, -0.2) is 34.5 Å². The Bertz CT molecular complexity index is 851. The smallest absolute Gasteiger partial charge is 0.309 e. The zero-order chi connectivity index (χ0) is 20.0. The van der Waals surface area contributed by atoms with Crippen molar-refractivity contribution in [3.05, 3.63) is 35.7 Å². The van der Waals surface area contributed by atoms with Crippen LogP contribution in [0.4, 0.5) is 0 Å². The molecule has 0 spiro atoms. The minimum Gasteiger partial charge on any atom is -0.465 e. The molecule has 0 aliphatic carbocycles. The van der Waals surface area contributed by atoms with Gasteiger partial charge in [-0.15, -0.1) is 0 Å². The molecule has 0 aliphatic heterocycles. The van der Waals surface area contributed by atoms with Gasteiger partial charge in [0.05, 0.1) is 17.5 Å². The molecule has 8 heteroatoms. The number of esters is 3. The first kappa shape index (κ1) is 20.3. The molecule has 1 heterocycles. The molecule has 0 N–H and O–H groups in total. The predicted molar refractivity (Wildman–Crippen MR) is 95.5 cm³/mol. The van der Waals surface area contributed by atoms with E-state index in [-0.39, 0.29) is 13.0 Å². The van der Waals surface area contributed by atoms with E-state index in [1.54, 1.807) is 26.0 Å². The summed E-state index contributed by atoms with van der Waals surface area (Å²) in [5, 5.41) is 0. The largest absolute Gasteiger partial charge is 0.465 e. The molecule has 27 heavy (non-hydrogen) atoms. The maximum Gasteiger partial charge on any atom is 0.309 e. The first-order valence-corrected chi connectivity index (χ1v) is 8.54. The van der Waals surface area contributed by atoms with E-state index in [4.69, 9.17) is 14.2 Å². The Balaban J connectivity index is 2.26. The number of fused-ring (bicyclic) bond motifs is 1. The Morgan fingerprint density at radius 3 is 1.89 bits per heavy atom. The Kier molecular flexibility index (Phi) is 6.81. The summed E-state index contributed by atoms with van der Waals surface area (Å²) in [6.45, 7) is 5.86. The fourth-order valence-corrected chi connectivity index (χ4v) is 2.52. The highest BCUT2D eigenvalue weighted by molar-refractivity contribution is 5.75. The molecule has 0 fully saturated rings. The summed E-state index contributed by atoms with van der Waals surface area (Å²) in [4.78, 5) is 43.2. The number of rotatable bonds is 7. The van der Waals surface area contributed by atoms with E-state index in [1.807, 2.05) is 12.1 Å². The molecule has 0 amide bonds. The average molecular weight is 374 g/mol. The molecular weight excluding hydrogens is 352 g/mol. The number of nitrogens with zero attached hydrogens (tertiary/aromatic N) is 2. The summed E-state index contributed by atoms with van der Waals surface area (Å²) in [5.74, 6) is -1.45. The number of benzene rings is 1. The van der Waals surface area contributed by atoms with Crippen LogP contribution < -0.4 is 0 Å². The predicted octanol–water partition coefficient (Wildman–Crippen LogP) is 2.81. The quantitative estimate of drug-likeness (QED) is 0.538. The maximum atomic E-state index is 12.0. The van der Waals surface area contributed by atoms with Crippen molar-refractivity contribution in [1.82, 2.24) is 9.97 Å². The van der Waals surface area contributed by atoms with Gasteiger partial charge in [-0.25, -0.2) is 9.97 Å². The van der Waals surface area contributed by atoms with Gasteiger partial charge in [0.1, 0.15) is 30.2 Å². The number of hydrogen-bond donors (Lipinski definition) is 0. The lowest BCUT2D eigenvalue weighted by molar-refractivity contribution is -0.152. The number of hydrogen-bond acceptors (Lipinski definition) is 8. The zero-order valence-corrected chi connectivity index (χ0v) is 15.7. The second-order valence-electron chi connectivity index (χ2n) is 5.96. The van der Waals surface area contributed by atoms with Crippen LogP contribution in [0.3, 0.4) is 0 Å². The van der Waals surface area contributed by atoms with Crippen molar-refractivity contribution < 1.29 is 28.6 Å². The van der Waals surface area contributed by atoms with Crippen molar-refractivity contribution in [3.63, 3.8) is 0 Å². The van der Waals surface area contributed by atoms with Gasteiger partial charge in [0.15, 0.2) is 0 Å². The average Bonchev–Trinajstić information content (AvgIpc) is 2.59. The highest BCUT2D eigenvalue weighted by atomic mass is 16.6. The maximum absolute atomic E-state index is 12.0. The van der Waals surface area contributed by atoms with Crippen LogP contribution in [0.15, 0.2) is 24.3 Å². The normalized spacial score (nSPS) is 12.9. The summed E-state index contributed by atoms with van der Waals surface area (Å²) in [6.07, 6.45) is -1.45. The molecule has 2 atom stereocenters. The number of carbonyl (C=O) groups is 3. The van der Waals surface area contributed by atoms with Crippen molar-refractivity contribution in [1.29, 1.82) is 0 Å². The van der Waals surface area contributed by atoms with Gasteiger partial charge in [0, 0.05) is 13.8 Å². The summed E-state index contributed by atoms with van der Waals surface area (Å²) in [7, 11) is 0. The van der Waals surface area contributed by atoms with Gasteiger partial charge >= 0.3 is 17.9 Å². The van der Waals surface area contributed by atoms with E-state index in [0.29, 0.717) is 22.4 Å². The lowest BCUT2D eigenvalue weighted by Gasteiger charge is -2.20. The molecule has 0 radical (unpaired) electrons. The van der Waals surface area contributed by atoms with Crippen LogP contribution in [0.2, 0.25) is 0 Å². The molecule has 8 nitrogen and oxygen atoms in total. The van der Waals surface area contributed by atoms with E-state index in [0.717, 1.165) is 0 Å². The van der Waals surface area contributed by atoms with Crippen LogP contribution in [0.5, 0.6) is 0 Å². The summed E-state index contributed by atoms with van der Waals surface area (Å²) >= 11 is 0. The topological polar surface area (TPSA) is 105 Å². The van der Waals surface area contributed by atoms with Crippen LogP contribution in [0.25, 0.3) is 11.0 Å². The van der Waals surface area contributed by atoms with Gasteiger partial charge in [-0.3, -0.25) is 14.4 Å². The molecular formula is C19H22N2O6. The SMILES string of the molecule is CC(=O)OCCC(=O)OC(C)c1nc2ccccc2nc1C(C)OC(C)=O. The van der Waals surface area contributed by atoms with Crippen LogP contribution in [0.1, 0.15) is 57.7 Å². The van der Waals surface area contributed by atoms with Gasteiger partial charge in [-0.1, -0.05) is 12.1 Å². The van der Waals surface area contributed by atoms with Crippen molar-refractivity contribution in [2.24, 2.45) is 0 Å². The number of carbonyl (C=O) groups excluding carboxylic acids is 3. The molecule has 0 bridgehead atoms. The van der Waals surface area contributed by atoms with Crippen LogP contribution in [-0.2, 0) is 28.6 Å². The third-order valence-electron chi connectivity index (χ3n) is 3.66. The minimum atomic E-state index is -0.722. The third-order valence-corrected chi connectivity index (χ3v) is 3.66. The van der Waals surface area contributed by atoms with E-state index < -0.39 is 30.1 Å². The number of para-hydroxylation sites is 2. The van der Waals surface area contributed by atoms with Gasteiger partial charge < -0.3 is 14.2 Å². The second kappa shape index (κ2) is 9.07. The van der Waals surface area contributed by atoms with E-state index in [1.165, 1.54) is 13.8 Å². The van der Waals surface area contributed by atoms with Crippen molar-refractivity contribution in [2.45, 2.75) is 46.3 Å². The standard InChI is InChI=1S/C19H22N2O6/c1-11(26-14(4)23)18-19(21-16-8-6-5-7-15(16)20-18)12(2)27-17(24)9-10-25-13(3)22/h5-8,11-12H,9-10H2,1-4H3. The molecule has 2 rings (SSSR count). The van der Waals surface area contributed by atoms with Crippen molar-refractivity contribution >= 4 is 28.9 Å². The van der Waals surface area contributed by atoms with E-state index in [9.17, 15) is 14.4 Å². The molecule has 0 saturated carbocycles. The summed E-state index contributed by atoms with van der Waals surface area (Å²) in [6, 6.07) is 7.24. The number of ether oxygens (including phenoxy) is 3. The Labute approximate surface area is 156 Å². The highest BCUT2D eigenvalue weighted by Crippen LogP contribution is 2.27. The molecule has 2 aromatic rings. The van der Waals surface area contributed by atoms with E-state index in [2.05, 4.69) is 9.97 Å². The molecule has 1 aromatic carbocycles. The third kappa shape index (κ3) is 5.73. The first-order valence-electron chi connectivity index (χ1n) is 8.54. The lowest BCUT2D eigenvalue weighted by atomic mass is 10.1. The highest BCUT2D eigenvalue weighted by Gasteiger charge is 2.24. The fourth-order valence-electron chi connectivity index (χ4n) is 2.52. The zero-order valence-electron chi connectivity index (χ0n) is 15.7.